The van der Waals surface area contributed by atoms with E-state index in [0.29, 0.717) is 17.8 Å². The van der Waals surface area contributed by atoms with Crippen LogP contribution in [0.2, 0.25) is 0 Å². The predicted octanol–water partition coefficient (Wildman–Crippen LogP) is 5.21. The summed E-state index contributed by atoms with van der Waals surface area (Å²) in [7, 11) is 0. The molecule has 2 aliphatic rings. The molecule has 0 aliphatic heterocycles. The molecule has 0 bridgehead atoms. The fourth-order valence-electron chi connectivity index (χ4n) is 5.59. The SMILES string of the molecule is C=C1CC[C@@H]2[C@](C)(CCC[C@]2(C)N=C=O)[C@H]1CC[C@H](C)C/C=N/OC(C)=O. The van der Waals surface area contributed by atoms with Crippen LogP contribution in [0, 0.1) is 23.2 Å². The third-order valence-corrected chi connectivity index (χ3v) is 7.00. The van der Waals surface area contributed by atoms with Crippen LogP contribution in [-0.4, -0.2) is 23.8 Å². The summed E-state index contributed by atoms with van der Waals surface area (Å²) in [6.07, 6.45) is 11.8. The summed E-state index contributed by atoms with van der Waals surface area (Å²) < 4.78 is 0. The zero-order chi connectivity index (χ0) is 20.1. The lowest BCUT2D eigenvalue weighted by Crippen LogP contribution is -2.53. The maximum atomic E-state index is 11.0. The van der Waals surface area contributed by atoms with Gasteiger partial charge in [-0.2, -0.15) is 4.99 Å². The fourth-order valence-corrected chi connectivity index (χ4v) is 5.59. The van der Waals surface area contributed by atoms with Gasteiger partial charge >= 0.3 is 5.97 Å². The molecular weight excluding hydrogens is 340 g/mol. The normalized spacial score (nSPS) is 34.6. The Morgan fingerprint density at radius 1 is 1.44 bits per heavy atom. The number of isocyanates is 1. The van der Waals surface area contributed by atoms with Crippen molar-refractivity contribution in [2.24, 2.45) is 33.3 Å². The van der Waals surface area contributed by atoms with Crippen LogP contribution in [0.1, 0.15) is 79.1 Å². The number of allylic oxidation sites excluding steroid dienone is 1. The Bertz CT molecular complexity index is 637. The van der Waals surface area contributed by atoms with Gasteiger partial charge in [0.25, 0.3) is 0 Å². The maximum Gasteiger partial charge on any atom is 0.331 e. The molecule has 0 N–H and O–H groups in total. The van der Waals surface area contributed by atoms with Gasteiger partial charge < -0.3 is 4.84 Å². The van der Waals surface area contributed by atoms with Crippen LogP contribution in [0.5, 0.6) is 0 Å². The number of oxime groups is 1. The van der Waals surface area contributed by atoms with Crippen molar-refractivity contribution >= 4 is 18.3 Å². The van der Waals surface area contributed by atoms with Gasteiger partial charge in [-0.05, 0) is 75.0 Å². The third-order valence-electron chi connectivity index (χ3n) is 7.00. The van der Waals surface area contributed by atoms with Crippen LogP contribution in [0.4, 0.5) is 0 Å². The number of carbonyl (C=O) groups is 1. The molecule has 0 spiro atoms. The minimum Gasteiger partial charge on any atom is -0.319 e. The van der Waals surface area contributed by atoms with Gasteiger partial charge in [-0.3, -0.25) is 0 Å². The molecule has 2 rings (SSSR count). The molecule has 2 aliphatic carbocycles. The number of hydrogen-bond acceptors (Lipinski definition) is 5. The number of hydrogen-bond donors (Lipinski definition) is 0. The first-order valence-corrected chi connectivity index (χ1v) is 10.2. The molecule has 0 aromatic heterocycles. The van der Waals surface area contributed by atoms with E-state index < -0.39 is 5.97 Å². The van der Waals surface area contributed by atoms with Crippen molar-refractivity contribution in [1.82, 2.24) is 0 Å². The van der Waals surface area contributed by atoms with Gasteiger partial charge in [0, 0.05) is 13.1 Å². The second-order valence-electron chi connectivity index (χ2n) is 9.01. The minimum atomic E-state index is -0.394. The number of rotatable bonds is 7. The Hall–Kier alpha value is -1.74. The zero-order valence-corrected chi connectivity index (χ0v) is 17.3. The highest BCUT2D eigenvalue weighted by Crippen LogP contribution is 2.60. The Morgan fingerprint density at radius 2 is 2.19 bits per heavy atom. The van der Waals surface area contributed by atoms with E-state index in [9.17, 15) is 9.59 Å². The molecule has 27 heavy (non-hydrogen) atoms. The van der Waals surface area contributed by atoms with Gasteiger partial charge in [0.05, 0.1) is 5.54 Å². The molecule has 0 amide bonds. The van der Waals surface area contributed by atoms with Crippen LogP contribution in [0.25, 0.3) is 0 Å². The molecule has 5 atom stereocenters. The van der Waals surface area contributed by atoms with E-state index in [2.05, 4.69) is 42.3 Å². The van der Waals surface area contributed by atoms with Crippen LogP contribution in [-0.2, 0) is 14.4 Å². The van der Waals surface area contributed by atoms with E-state index in [1.54, 1.807) is 6.21 Å². The average Bonchev–Trinajstić information content (AvgIpc) is 2.57. The van der Waals surface area contributed by atoms with Crippen molar-refractivity contribution in [3.63, 3.8) is 0 Å². The third kappa shape index (κ3) is 4.95. The Morgan fingerprint density at radius 3 is 2.85 bits per heavy atom. The summed E-state index contributed by atoms with van der Waals surface area (Å²) in [6, 6.07) is 0. The van der Waals surface area contributed by atoms with E-state index in [1.807, 2.05) is 6.08 Å². The second-order valence-corrected chi connectivity index (χ2v) is 9.01. The lowest BCUT2D eigenvalue weighted by atomic mass is 9.49. The lowest BCUT2D eigenvalue weighted by Gasteiger charge is -2.57. The fraction of sp³-hybridized carbons (Fsp3) is 0.773. The molecule has 2 fully saturated rings. The number of nitrogens with zero attached hydrogens (tertiary/aromatic N) is 2. The predicted molar refractivity (Wildman–Crippen MR) is 107 cm³/mol. The summed E-state index contributed by atoms with van der Waals surface area (Å²) in [5, 5.41) is 3.70. The van der Waals surface area contributed by atoms with Gasteiger partial charge in [0.15, 0.2) is 0 Å². The van der Waals surface area contributed by atoms with Crippen molar-refractivity contribution in [2.45, 2.75) is 84.6 Å². The van der Waals surface area contributed by atoms with E-state index in [0.717, 1.165) is 44.9 Å². The van der Waals surface area contributed by atoms with Crippen LogP contribution in [0.15, 0.2) is 22.3 Å². The average molecular weight is 375 g/mol. The van der Waals surface area contributed by atoms with Crippen LogP contribution in [0.3, 0.4) is 0 Å². The maximum absolute atomic E-state index is 11.0. The van der Waals surface area contributed by atoms with E-state index in [1.165, 1.54) is 18.9 Å². The summed E-state index contributed by atoms with van der Waals surface area (Å²) in [5.41, 5.74) is 1.22. The van der Waals surface area contributed by atoms with Gasteiger partial charge in [-0.1, -0.05) is 37.6 Å². The topological polar surface area (TPSA) is 68.1 Å². The largest absolute Gasteiger partial charge is 0.331 e. The quantitative estimate of drug-likeness (QED) is 0.202. The minimum absolute atomic E-state index is 0.147. The first-order chi connectivity index (χ1) is 12.7. The highest BCUT2D eigenvalue weighted by Gasteiger charge is 2.54. The standard InChI is InChI=1S/C22H34N2O3/c1-16(11-14-24-27-18(3)26)7-9-19-17(2)8-10-20-21(19,4)12-6-13-22(20,5)23-15-25/h14,16,19-20H,2,6-13H2,1,3-5H3/b24-14+/t16-,19-,20+,21+,22-/m0/s1. The molecular formula is C22H34N2O3. The van der Waals surface area contributed by atoms with Crippen molar-refractivity contribution in [1.29, 1.82) is 0 Å². The Labute approximate surface area is 163 Å². The molecule has 0 aromatic rings. The van der Waals surface area contributed by atoms with Gasteiger partial charge in [-0.15, -0.1) is 0 Å². The number of aliphatic imine (C=N–C) groups is 1. The molecule has 0 unspecified atom stereocenters. The summed E-state index contributed by atoms with van der Waals surface area (Å²) >= 11 is 0. The van der Waals surface area contributed by atoms with E-state index in [4.69, 9.17) is 0 Å². The van der Waals surface area contributed by atoms with E-state index in [-0.39, 0.29) is 11.0 Å². The number of carbonyl (C=O) groups excluding carboxylic acids is 2. The van der Waals surface area contributed by atoms with Crippen molar-refractivity contribution < 1.29 is 14.4 Å². The van der Waals surface area contributed by atoms with Crippen molar-refractivity contribution in [3.8, 4) is 0 Å². The smallest absolute Gasteiger partial charge is 0.319 e. The Balaban J connectivity index is 2.04. The first kappa shape index (κ1) is 21.6. The van der Waals surface area contributed by atoms with Gasteiger partial charge in [0.2, 0.25) is 6.08 Å². The first-order valence-electron chi connectivity index (χ1n) is 10.2. The zero-order valence-electron chi connectivity index (χ0n) is 17.3. The molecule has 5 nitrogen and oxygen atoms in total. The van der Waals surface area contributed by atoms with Gasteiger partial charge in [-0.25, -0.2) is 9.59 Å². The monoisotopic (exact) mass is 374 g/mol. The highest BCUT2D eigenvalue weighted by atomic mass is 16.7. The highest BCUT2D eigenvalue weighted by molar-refractivity contribution is 5.67. The summed E-state index contributed by atoms with van der Waals surface area (Å²) in [5.74, 6) is 0.945. The molecule has 0 heterocycles. The second kappa shape index (κ2) is 8.97. The summed E-state index contributed by atoms with van der Waals surface area (Å²) in [4.78, 5) is 30.7. The lowest BCUT2D eigenvalue weighted by molar-refractivity contribution is -0.140. The van der Waals surface area contributed by atoms with Crippen LogP contribution < -0.4 is 0 Å². The molecule has 2 saturated carbocycles. The van der Waals surface area contributed by atoms with Crippen molar-refractivity contribution in [3.05, 3.63) is 12.2 Å². The molecule has 5 heteroatoms. The number of fused-ring (bicyclic) bond motifs is 1. The Kier molecular flexibility index (Phi) is 7.16. The molecule has 0 radical (unpaired) electrons. The molecule has 0 saturated heterocycles. The molecule has 0 aromatic carbocycles. The van der Waals surface area contributed by atoms with E-state index >= 15 is 0 Å². The van der Waals surface area contributed by atoms with Crippen LogP contribution >= 0.6 is 0 Å². The van der Waals surface area contributed by atoms with Crippen molar-refractivity contribution in [2.75, 3.05) is 0 Å². The summed E-state index contributed by atoms with van der Waals surface area (Å²) in [6.45, 7) is 12.5. The van der Waals surface area contributed by atoms with Gasteiger partial charge in [0.1, 0.15) is 0 Å². The molecule has 150 valence electrons.